The van der Waals surface area contributed by atoms with Gasteiger partial charge in [0.25, 0.3) is 0 Å². The van der Waals surface area contributed by atoms with Crippen LogP contribution in [0.4, 0.5) is 0 Å². The van der Waals surface area contributed by atoms with Crippen molar-refractivity contribution in [2.45, 2.75) is 9.99 Å². The van der Waals surface area contributed by atoms with E-state index in [0.29, 0.717) is 0 Å². The average molecular weight is 306 g/mol. The Kier molecular flexibility index (Phi) is 3.87. The first kappa shape index (κ1) is 15.6. The van der Waals surface area contributed by atoms with Crippen LogP contribution >= 0.6 is 0 Å². The van der Waals surface area contributed by atoms with Crippen LogP contribution in [-0.4, -0.2) is 8.42 Å². The van der Waals surface area contributed by atoms with Gasteiger partial charge in [0.15, 0.2) is 9.99 Å². The molecule has 6 nitrogen and oxygen atoms in total. The fourth-order valence-corrected chi connectivity index (χ4v) is 3.44. The summed E-state index contributed by atoms with van der Waals surface area (Å²) in [5, 5.41) is 0. The molecule has 2 aromatic carbocycles. The number of hydrogen-bond donors (Lipinski definition) is 4. The Labute approximate surface area is 123 Å². The molecule has 0 bridgehead atoms. The Morgan fingerprint density at radius 2 is 0.905 bits per heavy atom. The summed E-state index contributed by atoms with van der Waals surface area (Å²) in [6, 6.07) is 16.0. The van der Waals surface area contributed by atoms with Crippen LogP contribution in [0.2, 0.25) is 0 Å². The molecule has 21 heavy (non-hydrogen) atoms. The van der Waals surface area contributed by atoms with Gasteiger partial charge in [0.2, 0.25) is 9.84 Å². The highest BCUT2D eigenvalue weighted by Crippen LogP contribution is 2.30. The van der Waals surface area contributed by atoms with Crippen LogP contribution in [0.15, 0.2) is 60.7 Å². The molecule has 0 fully saturated rings. The standard InChI is InChI=1S/C14H18N4O2S/c15-13(16,11-7-3-1-4-8-11)21(19,20)14(17,18)12-9-5-2-6-10-12/h1-10H,15-18H2. The Morgan fingerprint density at radius 1 is 0.619 bits per heavy atom. The molecule has 112 valence electrons. The number of nitrogens with two attached hydrogens (primary N) is 4. The predicted molar refractivity (Wildman–Crippen MR) is 81.9 cm³/mol. The lowest BCUT2D eigenvalue weighted by molar-refractivity contribution is 0.483. The third kappa shape index (κ3) is 2.45. The van der Waals surface area contributed by atoms with Gasteiger partial charge in [-0.1, -0.05) is 60.7 Å². The molecule has 0 spiro atoms. The third-order valence-corrected chi connectivity index (χ3v) is 5.59. The van der Waals surface area contributed by atoms with E-state index >= 15 is 0 Å². The zero-order valence-corrected chi connectivity index (χ0v) is 12.1. The summed E-state index contributed by atoms with van der Waals surface area (Å²) in [7, 11) is -4.33. The molecule has 2 aromatic rings. The normalized spacial score (nSPS) is 13.1. The molecule has 0 unspecified atom stereocenters. The second-order valence-corrected chi connectivity index (χ2v) is 7.18. The highest BCUT2D eigenvalue weighted by Gasteiger charge is 2.50. The molecule has 0 aliphatic carbocycles. The zero-order chi connectivity index (χ0) is 15.7. The summed E-state index contributed by atoms with van der Waals surface area (Å²) in [6.45, 7) is 0. The minimum atomic E-state index is -4.33. The molecular weight excluding hydrogens is 288 g/mol. The predicted octanol–water partition coefficient (Wildman–Crippen LogP) is -0.143. The van der Waals surface area contributed by atoms with Crippen molar-refractivity contribution in [3.05, 3.63) is 71.8 Å². The quantitative estimate of drug-likeness (QED) is 0.580. The molecule has 0 aromatic heterocycles. The smallest absolute Gasteiger partial charge is 0.223 e. The highest BCUT2D eigenvalue weighted by atomic mass is 32.2. The molecule has 2 rings (SSSR count). The van der Waals surface area contributed by atoms with Gasteiger partial charge in [-0.25, -0.2) is 8.42 Å². The lowest BCUT2D eigenvalue weighted by Crippen LogP contribution is -2.66. The first-order valence-electron chi connectivity index (χ1n) is 6.22. The lowest BCUT2D eigenvalue weighted by atomic mass is 10.2. The van der Waals surface area contributed by atoms with Crippen molar-refractivity contribution in [2.24, 2.45) is 22.9 Å². The summed E-state index contributed by atoms with van der Waals surface area (Å²) in [5.41, 5.74) is 23.9. The van der Waals surface area contributed by atoms with Gasteiger partial charge < -0.3 is 0 Å². The maximum Gasteiger partial charge on any atom is 0.223 e. The summed E-state index contributed by atoms with van der Waals surface area (Å²) in [6.07, 6.45) is 0. The first-order chi connectivity index (χ1) is 9.71. The van der Waals surface area contributed by atoms with Crippen molar-refractivity contribution in [2.75, 3.05) is 0 Å². The molecule has 7 heteroatoms. The van der Waals surface area contributed by atoms with E-state index < -0.39 is 19.8 Å². The molecule has 0 saturated heterocycles. The lowest BCUT2D eigenvalue weighted by Gasteiger charge is -2.34. The van der Waals surface area contributed by atoms with Crippen LogP contribution in [0.1, 0.15) is 11.1 Å². The van der Waals surface area contributed by atoms with Gasteiger partial charge in [0, 0.05) is 11.1 Å². The van der Waals surface area contributed by atoms with Crippen LogP contribution in [0.25, 0.3) is 0 Å². The number of rotatable bonds is 4. The van der Waals surface area contributed by atoms with E-state index in [1.807, 2.05) is 0 Å². The number of sulfone groups is 1. The second-order valence-electron chi connectivity index (χ2n) is 4.82. The summed E-state index contributed by atoms with van der Waals surface area (Å²) >= 11 is 0. The third-order valence-electron chi connectivity index (χ3n) is 3.34. The monoisotopic (exact) mass is 306 g/mol. The molecule has 0 heterocycles. The van der Waals surface area contributed by atoms with Crippen LogP contribution < -0.4 is 22.9 Å². The molecule has 0 saturated carbocycles. The van der Waals surface area contributed by atoms with E-state index in [1.54, 1.807) is 36.4 Å². The fourth-order valence-electron chi connectivity index (χ4n) is 1.99. The fraction of sp³-hybridized carbons (Fsp3) is 0.143. The van der Waals surface area contributed by atoms with Crippen molar-refractivity contribution in [3.8, 4) is 0 Å². The summed E-state index contributed by atoms with van der Waals surface area (Å²) in [4.78, 5) is -4.40. The Bertz CT molecular complexity index is 656. The van der Waals surface area contributed by atoms with E-state index in [4.69, 9.17) is 22.9 Å². The highest BCUT2D eigenvalue weighted by molar-refractivity contribution is 7.93. The van der Waals surface area contributed by atoms with Gasteiger partial charge in [-0.2, -0.15) is 0 Å². The summed E-state index contributed by atoms with van der Waals surface area (Å²) < 4.78 is 25.5. The summed E-state index contributed by atoms with van der Waals surface area (Å²) in [5.74, 6) is 0. The van der Waals surface area contributed by atoms with Crippen molar-refractivity contribution in [1.29, 1.82) is 0 Å². The number of hydrogen-bond acceptors (Lipinski definition) is 6. The van der Waals surface area contributed by atoms with Gasteiger partial charge in [0.05, 0.1) is 0 Å². The largest absolute Gasteiger partial charge is 0.297 e. The van der Waals surface area contributed by atoms with Gasteiger partial charge in [-0.3, -0.25) is 22.9 Å². The molecule has 0 aliphatic rings. The van der Waals surface area contributed by atoms with Gasteiger partial charge in [-0.15, -0.1) is 0 Å². The first-order valence-corrected chi connectivity index (χ1v) is 7.70. The average Bonchev–Trinajstić information content (AvgIpc) is 2.48. The molecule has 0 atom stereocenters. The van der Waals surface area contributed by atoms with Crippen LogP contribution in [0.5, 0.6) is 0 Å². The van der Waals surface area contributed by atoms with Crippen LogP contribution in [-0.2, 0) is 19.8 Å². The molecule has 8 N–H and O–H groups in total. The Hall–Kier alpha value is -1.77. The van der Waals surface area contributed by atoms with E-state index in [-0.39, 0.29) is 11.1 Å². The Morgan fingerprint density at radius 3 is 1.19 bits per heavy atom. The van der Waals surface area contributed by atoms with E-state index in [9.17, 15) is 8.42 Å². The minimum absolute atomic E-state index is 0.209. The zero-order valence-electron chi connectivity index (χ0n) is 11.3. The van der Waals surface area contributed by atoms with E-state index in [1.165, 1.54) is 24.3 Å². The van der Waals surface area contributed by atoms with Crippen molar-refractivity contribution in [1.82, 2.24) is 0 Å². The molecule has 0 radical (unpaired) electrons. The molecule has 0 aliphatic heterocycles. The number of benzene rings is 2. The van der Waals surface area contributed by atoms with Crippen molar-refractivity contribution in [3.63, 3.8) is 0 Å². The van der Waals surface area contributed by atoms with Crippen LogP contribution in [0.3, 0.4) is 0 Å². The van der Waals surface area contributed by atoms with Gasteiger partial charge in [-0.05, 0) is 0 Å². The van der Waals surface area contributed by atoms with Gasteiger partial charge in [0.1, 0.15) is 0 Å². The maximum absolute atomic E-state index is 12.8. The topological polar surface area (TPSA) is 138 Å². The Balaban J connectivity index is 2.56. The SMILES string of the molecule is NC(N)(c1ccccc1)S(=O)(=O)C(N)(N)c1ccccc1. The van der Waals surface area contributed by atoms with E-state index in [0.717, 1.165) is 0 Å². The molecule has 0 amide bonds. The van der Waals surface area contributed by atoms with Crippen molar-refractivity contribution >= 4 is 9.84 Å². The van der Waals surface area contributed by atoms with E-state index in [2.05, 4.69) is 0 Å². The maximum atomic E-state index is 12.8. The minimum Gasteiger partial charge on any atom is -0.297 e. The molecular formula is C14H18N4O2S. The van der Waals surface area contributed by atoms with Crippen molar-refractivity contribution < 1.29 is 8.42 Å². The van der Waals surface area contributed by atoms with Crippen LogP contribution in [0, 0.1) is 0 Å². The van der Waals surface area contributed by atoms with Gasteiger partial charge >= 0.3 is 0 Å². The second kappa shape index (κ2) is 5.21.